The van der Waals surface area contributed by atoms with Gasteiger partial charge >= 0.3 is 0 Å². The number of rotatable bonds is 11. The van der Waals surface area contributed by atoms with Crippen LogP contribution in [0.5, 0.6) is 0 Å². The highest BCUT2D eigenvalue weighted by molar-refractivity contribution is 5.26. The van der Waals surface area contributed by atoms with Crippen molar-refractivity contribution in [3.8, 4) is 0 Å². The fourth-order valence-electron chi connectivity index (χ4n) is 1.49. The Bertz CT molecular complexity index is 387. The minimum Gasteiger partial charge on any atom is -0.394 e. The molecule has 0 aliphatic heterocycles. The highest BCUT2D eigenvalue weighted by atomic mass is 16.5. The van der Waals surface area contributed by atoms with E-state index in [-0.39, 0.29) is 24.4 Å². The van der Waals surface area contributed by atoms with Gasteiger partial charge in [-0.25, -0.2) is 0 Å². The number of hydrogen-bond donors (Lipinski definition) is 3. The monoisotopic (exact) mass is 301 g/mol. The number of aliphatic hydroxyl groups excluding tert-OH is 1. The van der Waals surface area contributed by atoms with E-state index in [2.05, 4.69) is 15.0 Å². The Hall–Kier alpha value is -1.55. The first-order valence-electron chi connectivity index (χ1n) is 6.74. The zero-order valence-corrected chi connectivity index (χ0v) is 12.2. The van der Waals surface area contributed by atoms with E-state index in [9.17, 15) is 0 Å². The van der Waals surface area contributed by atoms with Crippen LogP contribution in [0.4, 0.5) is 11.9 Å². The third-order valence-electron chi connectivity index (χ3n) is 2.48. The zero-order chi connectivity index (χ0) is 15.5. The molecule has 1 rings (SSSR count). The Labute approximate surface area is 123 Å². The van der Waals surface area contributed by atoms with E-state index in [1.807, 2.05) is 6.92 Å². The number of aliphatic hydroxyl groups is 1. The first-order chi connectivity index (χ1) is 10.1. The van der Waals surface area contributed by atoms with Gasteiger partial charge in [-0.2, -0.15) is 15.0 Å². The molecule has 5 N–H and O–H groups in total. The van der Waals surface area contributed by atoms with Crippen molar-refractivity contribution >= 4 is 11.9 Å². The quantitative estimate of drug-likeness (QED) is 0.447. The molecule has 120 valence electrons. The molecule has 1 aromatic rings. The van der Waals surface area contributed by atoms with E-state index in [1.165, 1.54) is 0 Å². The summed E-state index contributed by atoms with van der Waals surface area (Å²) in [6.45, 7) is 4.56. The minimum atomic E-state index is -0.0366. The van der Waals surface area contributed by atoms with Crippen LogP contribution >= 0.6 is 0 Å². The van der Waals surface area contributed by atoms with Gasteiger partial charge in [0, 0.05) is 5.92 Å². The van der Waals surface area contributed by atoms with Crippen molar-refractivity contribution in [2.24, 2.45) is 0 Å². The lowest BCUT2D eigenvalue weighted by molar-refractivity contribution is 0.00584. The van der Waals surface area contributed by atoms with E-state index in [4.69, 9.17) is 30.8 Å². The number of hydrogen-bond acceptors (Lipinski definition) is 9. The Balaban J connectivity index is 2.09. The van der Waals surface area contributed by atoms with Crippen LogP contribution in [-0.2, 0) is 14.2 Å². The largest absolute Gasteiger partial charge is 0.394 e. The molecule has 1 heterocycles. The van der Waals surface area contributed by atoms with Gasteiger partial charge in [0.05, 0.1) is 46.2 Å². The molecule has 0 aromatic carbocycles. The molecule has 1 atom stereocenters. The number of aromatic nitrogens is 3. The summed E-state index contributed by atoms with van der Waals surface area (Å²) in [7, 11) is 0. The fraction of sp³-hybridized carbons (Fsp3) is 0.750. The summed E-state index contributed by atoms with van der Waals surface area (Å²) >= 11 is 0. The van der Waals surface area contributed by atoms with Crippen LogP contribution in [0.2, 0.25) is 0 Å². The average Bonchev–Trinajstić information content (AvgIpc) is 2.44. The minimum absolute atomic E-state index is 0.0209. The van der Waals surface area contributed by atoms with Gasteiger partial charge in [0.2, 0.25) is 11.9 Å². The van der Waals surface area contributed by atoms with Gasteiger partial charge < -0.3 is 30.8 Å². The standard InChI is InChI=1S/C12H23N5O4/c1-9(10-15-11(13)17-12(14)16-10)8-21-7-6-20-5-4-19-3-2-18/h9,18H,2-8H2,1H3,(H4,13,14,15,16,17). The SMILES string of the molecule is CC(COCCOCCOCCO)c1nc(N)nc(N)n1. The van der Waals surface area contributed by atoms with Crippen LogP contribution < -0.4 is 11.5 Å². The first-order valence-corrected chi connectivity index (χ1v) is 6.74. The van der Waals surface area contributed by atoms with Crippen molar-refractivity contribution in [1.82, 2.24) is 15.0 Å². The van der Waals surface area contributed by atoms with Gasteiger partial charge in [-0.05, 0) is 0 Å². The molecule has 0 bridgehead atoms. The van der Waals surface area contributed by atoms with Crippen LogP contribution in [0, 0.1) is 0 Å². The molecule has 0 spiro atoms. The molecule has 21 heavy (non-hydrogen) atoms. The van der Waals surface area contributed by atoms with Gasteiger partial charge in [-0.1, -0.05) is 6.92 Å². The number of nitrogens with two attached hydrogens (primary N) is 2. The summed E-state index contributed by atoms with van der Waals surface area (Å²) in [5.74, 6) is 0.690. The highest BCUT2D eigenvalue weighted by Gasteiger charge is 2.11. The van der Waals surface area contributed by atoms with Crippen LogP contribution in [0.25, 0.3) is 0 Å². The van der Waals surface area contributed by atoms with Crippen molar-refractivity contribution in [2.75, 3.05) is 57.7 Å². The number of anilines is 2. The second kappa shape index (κ2) is 10.2. The zero-order valence-electron chi connectivity index (χ0n) is 12.2. The second-order valence-corrected chi connectivity index (χ2v) is 4.33. The lowest BCUT2D eigenvalue weighted by atomic mass is 10.2. The van der Waals surface area contributed by atoms with Crippen molar-refractivity contribution in [1.29, 1.82) is 0 Å². The lowest BCUT2D eigenvalue weighted by Crippen LogP contribution is -2.15. The van der Waals surface area contributed by atoms with Crippen molar-refractivity contribution in [3.63, 3.8) is 0 Å². The van der Waals surface area contributed by atoms with Crippen LogP contribution in [-0.4, -0.2) is 66.3 Å². The van der Waals surface area contributed by atoms with E-state index in [1.54, 1.807) is 0 Å². The van der Waals surface area contributed by atoms with Gasteiger partial charge in [0.25, 0.3) is 0 Å². The molecule has 0 fully saturated rings. The number of nitrogen functional groups attached to an aromatic ring is 2. The molecule has 0 radical (unpaired) electrons. The Morgan fingerprint density at radius 1 is 0.905 bits per heavy atom. The lowest BCUT2D eigenvalue weighted by Gasteiger charge is -2.11. The predicted octanol–water partition coefficient (Wildman–Crippen LogP) is -0.818. The van der Waals surface area contributed by atoms with Crippen LogP contribution in [0.1, 0.15) is 18.7 Å². The second-order valence-electron chi connectivity index (χ2n) is 4.33. The molecular weight excluding hydrogens is 278 g/mol. The predicted molar refractivity (Wildman–Crippen MR) is 76.6 cm³/mol. The molecule has 0 saturated heterocycles. The maximum Gasteiger partial charge on any atom is 0.225 e. The van der Waals surface area contributed by atoms with Gasteiger partial charge in [-0.15, -0.1) is 0 Å². The summed E-state index contributed by atoms with van der Waals surface area (Å²) in [6.07, 6.45) is 0. The summed E-state index contributed by atoms with van der Waals surface area (Å²) in [5, 5.41) is 8.50. The average molecular weight is 301 g/mol. The smallest absolute Gasteiger partial charge is 0.225 e. The molecule has 9 nitrogen and oxygen atoms in total. The number of nitrogens with zero attached hydrogens (tertiary/aromatic N) is 3. The van der Waals surface area contributed by atoms with Crippen LogP contribution in [0.3, 0.4) is 0 Å². The Morgan fingerprint density at radius 3 is 2.00 bits per heavy atom. The van der Waals surface area contributed by atoms with Gasteiger partial charge in [0.1, 0.15) is 5.82 Å². The summed E-state index contributed by atoms with van der Waals surface area (Å²) in [6, 6.07) is 0. The fourth-order valence-corrected chi connectivity index (χ4v) is 1.49. The normalized spacial score (nSPS) is 12.5. The maximum absolute atomic E-state index is 8.50. The molecule has 0 amide bonds. The van der Waals surface area contributed by atoms with Crippen molar-refractivity contribution in [3.05, 3.63) is 5.82 Å². The van der Waals surface area contributed by atoms with Crippen LogP contribution in [0.15, 0.2) is 0 Å². The Morgan fingerprint density at radius 2 is 1.43 bits per heavy atom. The summed E-state index contributed by atoms with van der Waals surface area (Å²) in [5.41, 5.74) is 11.0. The topological polar surface area (TPSA) is 139 Å². The van der Waals surface area contributed by atoms with Gasteiger partial charge in [0.15, 0.2) is 0 Å². The summed E-state index contributed by atoms with van der Waals surface area (Å²) < 4.78 is 15.8. The van der Waals surface area contributed by atoms with Crippen molar-refractivity contribution in [2.45, 2.75) is 12.8 Å². The highest BCUT2D eigenvalue weighted by Crippen LogP contribution is 2.12. The third kappa shape index (κ3) is 7.71. The van der Waals surface area contributed by atoms with Gasteiger partial charge in [-0.3, -0.25) is 0 Å². The Kier molecular flexibility index (Phi) is 8.51. The molecule has 0 saturated carbocycles. The molecule has 0 aliphatic carbocycles. The molecule has 1 unspecified atom stereocenters. The van der Waals surface area contributed by atoms with E-state index >= 15 is 0 Å². The van der Waals surface area contributed by atoms with E-state index in [0.717, 1.165) is 0 Å². The van der Waals surface area contributed by atoms with E-state index < -0.39 is 0 Å². The molecule has 1 aromatic heterocycles. The third-order valence-corrected chi connectivity index (χ3v) is 2.48. The maximum atomic E-state index is 8.50. The summed E-state index contributed by atoms with van der Waals surface area (Å²) in [4.78, 5) is 11.7. The first kappa shape index (κ1) is 17.5. The molecule has 0 aliphatic rings. The number of ether oxygens (including phenoxy) is 3. The molecular formula is C12H23N5O4. The van der Waals surface area contributed by atoms with Crippen molar-refractivity contribution < 1.29 is 19.3 Å². The van der Waals surface area contributed by atoms with E-state index in [0.29, 0.717) is 45.5 Å². The molecule has 9 heteroatoms.